The summed E-state index contributed by atoms with van der Waals surface area (Å²) in [6, 6.07) is 8.08. The molecule has 248 valence electrons. The van der Waals surface area contributed by atoms with Gasteiger partial charge in [0.15, 0.2) is 0 Å². The second-order valence-corrected chi connectivity index (χ2v) is 16.1. The van der Waals surface area contributed by atoms with Gasteiger partial charge in [0, 0.05) is 36.9 Å². The normalized spacial score (nSPS) is 32.0. The zero-order valence-electron chi connectivity index (χ0n) is 27.2. The largest absolute Gasteiger partial charge is 0.458 e. The number of aliphatic hydroxyl groups is 2. The van der Waals surface area contributed by atoms with Crippen LogP contribution in [0.2, 0.25) is 0 Å². The van der Waals surface area contributed by atoms with E-state index in [2.05, 4.69) is 4.98 Å². The molecule has 8 unspecified atom stereocenters. The smallest absolute Gasteiger partial charge is 0.309 e. The number of para-hydroxylation sites is 1. The van der Waals surface area contributed by atoms with Crippen molar-refractivity contribution in [2.45, 2.75) is 104 Å². The predicted molar refractivity (Wildman–Crippen MR) is 176 cm³/mol. The van der Waals surface area contributed by atoms with Gasteiger partial charge in [-0.25, -0.2) is 4.98 Å². The number of ketones is 1. The maximum Gasteiger partial charge on any atom is 0.309 e. The minimum Gasteiger partial charge on any atom is -0.458 e. The Morgan fingerprint density at radius 1 is 1.13 bits per heavy atom. The molecular formula is C33H47N3O7S2. The van der Waals surface area contributed by atoms with E-state index < -0.39 is 58.3 Å². The van der Waals surface area contributed by atoms with Gasteiger partial charge in [-0.1, -0.05) is 52.3 Å². The van der Waals surface area contributed by atoms with E-state index in [1.165, 1.54) is 27.0 Å². The molecule has 1 aromatic heterocycles. The fraction of sp³-hybridized carbons (Fsp3) is 0.606. The SMILES string of the molecule is C/C(=C\c1csc(C)n1)C1CC2C(CCCC(C)C(O)C(C)C(=O)C(C)(C)C(O)CC(=O)O1)N2S(=O)(=O)N(C)c1ccccc1. The molecule has 3 heterocycles. The zero-order chi connectivity index (χ0) is 33.3. The third-order valence-electron chi connectivity index (χ3n) is 9.49. The molecule has 2 aliphatic rings. The van der Waals surface area contributed by atoms with Crippen LogP contribution in [0.5, 0.6) is 0 Å². The van der Waals surface area contributed by atoms with Crippen molar-refractivity contribution in [3.05, 3.63) is 52.0 Å². The number of thiazole rings is 1. The number of rotatable bonds is 5. The number of fused-ring (bicyclic) bond motifs is 1. The summed E-state index contributed by atoms with van der Waals surface area (Å²) >= 11 is 1.50. The minimum absolute atomic E-state index is 0.220. The molecule has 0 amide bonds. The Morgan fingerprint density at radius 3 is 2.42 bits per heavy atom. The first kappa shape index (κ1) is 35.2. The lowest BCUT2D eigenvalue weighted by atomic mass is 9.73. The molecule has 8 atom stereocenters. The monoisotopic (exact) mass is 661 g/mol. The van der Waals surface area contributed by atoms with Crippen LogP contribution in [0.15, 0.2) is 41.3 Å². The lowest BCUT2D eigenvalue weighted by molar-refractivity contribution is -0.154. The molecular weight excluding hydrogens is 615 g/mol. The Labute approximate surface area is 271 Å². The third-order valence-corrected chi connectivity index (χ3v) is 12.3. The molecule has 0 saturated carbocycles. The molecule has 0 bridgehead atoms. The van der Waals surface area contributed by atoms with Crippen LogP contribution in [0.4, 0.5) is 5.69 Å². The number of hydrogen-bond acceptors (Lipinski definition) is 9. The molecule has 2 N–H and O–H groups in total. The molecule has 45 heavy (non-hydrogen) atoms. The second-order valence-electron chi connectivity index (χ2n) is 13.2. The molecule has 2 aromatic rings. The van der Waals surface area contributed by atoms with Crippen LogP contribution in [0, 0.1) is 24.2 Å². The summed E-state index contributed by atoms with van der Waals surface area (Å²) in [5, 5.41) is 24.9. The summed E-state index contributed by atoms with van der Waals surface area (Å²) in [5.41, 5.74) is 0.644. The van der Waals surface area contributed by atoms with Crippen molar-refractivity contribution in [2.75, 3.05) is 11.4 Å². The average molecular weight is 662 g/mol. The Morgan fingerprint density at radius 2 is 1.80 bits per heavy atom. The topological polar surface area (TPSA) is 137 Å². The summed E-state index contributed by atoms with van der Waals surface area (Å²) in [5.74, 6) is -2.02. The van der Waals surface area contributed by atoms with Crippen LogP contribution in [0.25, 0.3) is 6.08 Å². The molecule has 12 heteroatoms. The fourth-order valence-corrected chi connectivity index (χ4v) is 8.65. The molecule has 0 aliphatic carbocycles. The van der Waals surface area contributed by atoms with Crippen LogP contribution in [0.3, 0.4) is 0 Å². The van der Waals surface area contributed by atoms with Crippen LogP contribution in [-0.4, -0.2) is 77.1 Å². The van der Waals surface area contributed by atoms with E-state index in [1.54, 1.807) is 45.0 Å². The third kappa shape index (κ3) is 7.85. The number of ether oxygens (including phenoxy) is 1. The zero-order valence-corrected chi connectivity index (χ0v) is 28.8. The van der Waals surface area contributed by atoms with Crippen molar-refractivity contribution in [2.24, 2.45) is 17.3 Å². The minimum atomic E-state index is -3.92. The van der Waals surface area contributed by atoms with E-state index in [4.69, 9.17) is 4.74 Å². The first-order valence-corrected chi connectivity index (χ1v) is 17.9. The number of hydrogen-bond donors (Lipinski definition) is 2. The highest BCUT2D eigenvalue weighted by atomic mass is 32.2. The number of aryl methyl sites for hydroxylation is 1. The van der Waals surface area contributed by atoms with Crippen LogP contribution >= 0.6 is 11.3 Å². The molecule has 4 rings (SSSR count). The predicted octanol–water partition coefficient (Wildman–Crippen LogP) is 4.75. The number of carbonyl (C=O) groups excluding carboxylic acids is 2. The number of aromatic nitrogens is 1. The lowest BCUT2D eigenvalue weighted by Gasteiger charge is -2.34. The number of aliphatic hydroxyl groups excluding tert-OH is 2. The van der Waals surface area contributed by atoms with Gasteiger partial charge in [0.25, 0.3) is 0 Å². The van der Waals surface area contributed by atoms with Crippen LogP contribution in [0.1, 0.15) is 77.4 Å². The van der Waals surface area contributed by atoms with Crippen molar-refractivity contribution >= 4 is 45.1 Å². The molecule has 10 nitrogen and oxygen atoms in total. The van der Waals surface area contributed by atoms with Crippen molar-refractivity contribution in [1.82, 2.24) is 9.29 Å². The number of benzene rings is 1. The van der Waals surface area contributed by atoms with Gasteiger partial charge in [-0.3, -0.25) is 13.9 Å². The van der Waals surface area contributed by atoms with Gasteiger partial charge < -0.3 is 14.9 Å². The number of carbonyl (C=O) groups is 2. The molecule has 2 fully saturated rings. The maximum absolute atomic E-state index is 13.9. The number of cyclic esters (lactones) is 1. The number of esters is 1. The van der Waals surface area contributed by atoms with E-state index in [0.717, 1.165) is 5.01 Å². The van der Waals surface area contributed by atoms with E-state index in [-0.39, 0.29) is 24.2 Å². The first-order valence-electron chi connectivity index (χ1n) is 15.6. The number of anilines is 1. The highest BCUT2D eigenvalue weighted by Gasteiger charge is 2.57. The van der Waals surface area contributed by atoms with Gasteiger partial charge >= 0.3 is 16.2 Å². The van der Waals surface area contributed by atoms with Gasteiger partial charge in [0.05, 0.1) is 40.4 Å². The Balaban J connectivity index is 1.69. The summed E-state index contributed by atoms with van der Waals surface area (Å²) in [7, 11) is -2.40. The number of nitrogens with zero attached hydrogens (tertiary/aromatic N) is 3. The second kappa shape index (κ2) is 14.0. The summed E-state index contributed by atoms with van der Waals surface area (Å²) in [6.07, 6.45) is 0.319. The van der Waals surface area contributed by atoms with Gasteiger partial charge in [0.1, 0.15) is 11.9 Å². The van der Waals surface area contributed by atoms with E-state index >= 15 is 0 Å². The van der Waals surface area contributed by atoms with Gasteiger partial charge in [-0.05, 0) is 56.4 Å². The van der Waals surface area contributed by atoms with Gasteiger partial charge in [0.2, 0.25) is 0 Å². The quantitative estimate of drug-likeness (QED) is 0.346. The van der Waals surface area contributed by atoms with Crippen molar-refractivity contribution in [3.8, 4) is 0 Å². The highest BCUT2D eigenvalue weighted by Crippen LogP contribution is 2.43. The maximum atomic E-state index is 13.9. The molecule has 2 aliphatic heterocycles. The standard InChI is InChI=1S/C33H47N3O7S2/c1-20-12-11-15-26-27(36(26)45(41,42)35(7)25-13-9-8-10-14-25)17-28(21(2)16-24-19-44-23(4)34-24)43-30(38)18-29(37)33(5,6)32(40)22(3)31(20)39/h8-10,13-14,16,19-20,22,26-29,31,37,39H,11-12,15,17-18H2,1-7H3/b21-16+. The fourth-order valence-electron chi connectivity index (χ4n) is 6.30. The summed E-state index contributed by atoms with van der Waals surface area (Å²) < 4.78 is 36.6. The average Bonchev–Trinajstić information content (AvgIpc) is 3.54. The molecule has 0 radical (unpaired) electrons. The summed E-state index contributed by atoms with van der Waals surface area (Å²) in [4.78, 5) is 31.3. The number of Topliss-reactive ketones (excluding diaryl/α,β-unsaturated/α-hetero) is 1. The van der Waals surface area contributed by atoms with E-state index in [0.29, 0.717) is 36.2 Å². The molecule has 0 spiro atoms. The lowest BCUT2D eigenvalue weighted by Crippen LogP contribution is -2.45. The van der Waals surface area contributed by atoms with E-state index in [9.17, 15) is 28.2 Å². The molecule has 1 aromatic carbocycles. The van der Waals surface area contributed by atoms with Crippen molar-refractivity contribution < 1.29 is 33.0 Å². The van der Waals surface area contributed by atoms with Gasteiger partial charge in [-0.15, -0.1) is 11.3 Å². The highest BCUT2D eigenvalue weighted by molar-refractivity contribution is 7.90. The van der Waals surface area contributed by atoms with Crippen molar-refractivity contribution in [3.63, 3.8) is 0 Å². The Hall–Kier alpha value is -2.64. The Bertz CT molecular complexity index is 1490. The van der Waals surface area contributed by atoms with Gasteiger partial charge in [-0.2, -0.15) is 12.7 Å². The van der Waals surface area contributed by atoms with Crippen LogP contribution < -0.4 is 4.31 Å². The Kier molecular flexibility index (Phi) is 11.0. The first-order chi connectivity index (χ1) is 21.0. The van der Waals surface area contributed by atoms with Crippen LogP contribution in [-0.2, 0) is 24.5 Å². The molecule has 2 saturated heterocycles. The summed E-state index contributed by atoms with van der Waals surface area (Å²) in [6.45, 7) is 10.4. The van der Waals surface area contributed by atoms with E-state index in [1.807, 2.05) is 38.3 Å². The van der Waals surface area contributed by atoms with Crippen molar-refractivity contribution in [1.29, 1.82) is 0 Å².